The molecule has 0 aliphatic heterocycles. The van der Waals surface area contributed by atoms with Gasteiger partial charge in [-0.3, -0.25) is 0 Å². The van der Waals surface area contributed by atoms with Crippen molar-refractivity contribution in [2.75, 3.05) is 0 Å². The van der Waals surface area contributed by atoms with Crippen molar-refractivity contribution in [1.29, 1.82) is 0 Å². The average molecular weight is 155 g/mol. The second kappa shape index (κ2) is 4.10. The van der Waals surface area contributed by atoms with Crippen LogP contribution in [0.2, 0.25) is 0 Å². The predicted molar refractivity (Wildman–Crippen MR) is 49.4 cm³/mol. The molecule has 2 unspecified atom stereocenters. The standard InChI is InChI=1S/C10H21N/c1-3-4-9-5-8(2)6-10(11)7-9/h8-10H,3-7,11H2,1-2H3/t8?,9?,10-/m1/s1. The van der Waals surface area contributed by atoms with Gasteiger partial charge in [-0.1, -0.05) is 26.7 Å². The number of nitrogens with two attached hydrogens (primary N) is 1. The van der Waals surface area contributed by atoms with Gasteiger partial charge in [-0.15, -0.1) is 0 Å². The van der Waals surface area contributed by atoms with E-state index in [1.54, 1.807) is 0 Å². The summed E-state index contributed by atoms with van der Waals surface area (Å²) in [5, 5.41) is 0. The van der Waals surface area contributed by atoms with E-state index in [2.05, 4.69) is 13.8 Å². The molecule has 0 saturated heterocycles. The molecule has 0 amide bonds. The van der Waals surface area contributed by atoms with Crippen LogP contribution >= 0.6 is 0 Å². The first-order valence-electron chi connectivity index (χ1n) is 4.98. The van der Waals surface area contributed by atoms with E-state index in [1.165, 1.54) is 32.1 Å². The molecule has 1 rings (SSSR count). The lowest BCUT2D eigenvalue weighted by Crippen LogP contribution is -2.31. The minimum Gasteiger partial charge on any atom is -0.328 e. The highest BCUT2D eigenvalue weighted by Gasteiger charge is 2.22. The van der Waals surface area contributed by atoms with Gasteiger partial charge in [0.1, 0.15) is 0 Å². The Bertz CT molecular complexity index is 101. The van der Waals surface area contributed by atoms with Crippen LogP contribution < -0.4 is 5.73 Å². The second-order valence-corrected chi connectivity index (χ2v) is 4.23. The van der Waals surface area contributed by atoms with Crippen molar-refractivity contribution in [2.45, 2.75) is 52.0 Å². The van der Waals surface area contributed by atoms with E-state index in [9.17, 15) is 0 Å². The third kappa shape index (κ3) is 2.82. The lowest BCUT2D eigenvalue weighted by atomic mass is 9.78. The SMILES string of the molecule is CCCC1CC(C)C[C@@H](N)C1. The fraction of sp³-hybridized carbons (Fsp3) is 1.00. The van der Waals surface area contributed by atoms with Crippen LogP contribution in [0.1, 0.15) is 46.0 Å². The van der Waals surface area contributed by atoms with E-state index >= 15 is 0 Å². The lowest BCUT2D eigenvalue weighted by molar-refractivity contribution is 0.241. The third-order valence-electron chi connectivity index (χ3n) is 2.77. The van der Waals surface area contributed by atoms with Crippen LogP contribution in [0.5, 0.6) is 0 Å². The Morgan fingerprint density at radius 2 is 2.00 bits per heavy atom. The van der Waals surface area contributed by atoms with Crippen molar-refractivity contribution in [3.63, 3.8) is 0 Å². The molecule has 11 heavy (non-hydrogen) atoms. The molecule has 1 heteroatoms. The maximum Gasteiger partial charge on any atom is 0.00440 e. The fourth-order valence-electron chi connectivity index (χ4n) is 2.45. The van der Waals surface area contributed by atoms with Crippen LogP contribution in [0.15, 0.2) is 0 Å². The molecule has 0 spiro atoms. The van der Waals surface area contributed by atoms with Gasteiger partial charge in [0.2, 0.25) is 0 Å². The van der Waals surface area contributed by atoms with Crippen molar-refractivity contribution in [2.24, 2.45) is 17.6 Å². The molecule has 1 aliphatic rings. The summed E-state index contributed by atoms with van der Waals surface area (Å²) in [5.74, 6) is 1.80. The number of hydrogen-bond acceptors (Lipinski definition) is 1. The smallest absolute Gasteiger partial charge is 0.00440 e. The molecule has 0 aromatic carbocycles. The molecular weight excluding hydrogens is 134 g/mol. The van der Waals surface area contributed by atoms with Crippen molar-refractivity contribution in [1.82, 2.24) is 0 Å². The highest BCUT2D eigenvalue weighted by molar-refractivity contribution is 4.78. The lowest BCUT2D eigenvalue weighted by Gasteiger charge is -2.31. The van der Waals surface area contributed by atoms with E-state index in [4.69, 9.17) is 5.73 Å². The Hall–Kier alpha value is -0.0400. The zero-order valence-corrected chi connectivity index (χ0v) is 7.84. The molecule has 0 aromatic rings. The maximum absolute atomic E-state index is 5.95. The van der Waals surface area contributed by atoms with Gasteiger partial charge in [-0.25, -0.2) is 0 Å². The van der Waals surface area contributed by atoms with Crippen molar-refractivity contribution >= 4 is 0 Å². The van der Waals surface area contributed by atoms with E-state index < -0.39 is 0 Å². The number of rotatable bonds is 2. The minimum atomic E-state index is 0.496. The molecule has 1 nitrogen and oxygen atoms in total. The Morgan fingerprint density at radius 1 is 1.27 bits per heavy atom. The first-order valence-corrected chi connectivity index (χ1v) is 4.98. The van der Waals surface area contributed by atoms with Gasteiger partial charge in [-0.05, 0) is 31.1 Å². The Kier molecular flexibility index (Phi) is 3.38. The van der Waals surface area contributed by atoms with Gasteiger partial charge in [0.25, 0.3) is 0 Å². The van der Waals surface area contributed by atoms with Gasteiger partial charge in [-0.2, -0.15) is 0 Å². The highest BCUT2D eigenvalue weighted by Crippen LogP contribution is 2.30. The van der Waals surface area contributed by atoms with E-state index in [0.717, 1.165) is 11.8 Å². The largest absolute Gasteiger partial charge is 0.328 e. The Morgan fingerprint density at radius 3 is 2.55 bits per heavy atom. The van der Waals surface area contributed by atoms with Crippen LogP contribution in [0, 0.1) is 11.8 Å². The monoisotopic (exact) mass is 155 g/mol. The van der Waals surface area contributed by atoms with Crippen molar-refractivity contribution < 1.29 is 0 Å². The van der Waals surface area contributed by atoms with Crippen LogP contribution in [0.4, 0.5) is 0 Å². The topological polar surface area (TPSA) is 26.0 Å². The fourth-order valence-corrected chi connectivity index (χ4v) is 2.45. The first kappa shape index (κ1) is 9.05. The van der Waals surface area contributed by atoms with Crippen molar-refractivity contribution in [3.8, 4) is 0 Å². The van der Waals surface area contributed by atoms with E-state index in [-0.39, 0.29) is 0 Å². The molecule has 0 heterocycles. The summed E-state index contributed by atoms with van der Waals surface area (Å²) in [5.41, 5.74) is 5.95. The third-order valence-corrected chi connectivity index (χ3v) is 2.77. The van der Waals surface area contributed by atoms with E-state index in [0.29, 0.717) is 6.04 Å². The molecule has 66 valence electrons. The van der Waals surface area contributed by atoms with Crippen LogP contribution in [-0.2, 0) is 0 Å². The van der Waals surface area contributed by atoms with E-state index in [1.807, 2.05) is 0 Å². The summed E-state index contributed by atoms with van der Waals surface area (Å²) in [6.45, 7) is 4.60. The minimum absolute atomic E-state index is 0.496. The Balaban J connectivity index is 2.30. The summed E-state index contributed by atoms with van der Waals surface area (Å²) >= 11 is 0. The molecule has 0 bridgehead atoms. The average Bonchev–Trinajstić information content (AvgIpc) is 1.85. The van der Waals surface area contributed by atoms with Crippen LogP contribution in [-0.4, -0.2) is 6.04 Å². The molecular formula is C10H21N. The molecule has 0 aromatic heterocycles. The summed E-state index contributed by atoms with van der Waals surface area (Å²) in [6.07, 6.45) is 6.65. The summed E-state index contributed by atoms with van der Waals surface area (Å²) in [7, 11) is 0. The molecule has 0 radical (unpaired) electrons. The molecule has 1 saturated carbocycles. The second-order valence-electron chi connectivity index (χ2n) is 4.23. The summed E-state index contributed by atoms with van der Waals surface area (Å²) in [4.78, 5) is 0. The zero-order valence-electron chi connectivity index (χ0n) is 7.84. The van der Waals surface area contributed by atoms with Gasteiger partial charge in [0.15, 0.2) is 0 Å². The van der Waals surface area contributed by atoms with Gasteiger partial charge in [0, 0.05) is 6.04 Å². The summed E-state index contributed by atoms with van der Waals surface area (Å²) in [6, 6.07) is 0.496. The normalized spacial score (nSPS) is 39.0. The first-order chi connectivity index (χ1) is 5.22. The van der Waals surface area contributed by atoms with Gasteiger partial charge >= 0.3 is 0 Å². The molecule has 1 aliphatic carbocycles. The summed E-state index contributed by atoms with van der Waals surface area (Å²) < 4.78 is 0. The quantitative estimate of drug-likeness (QED) is 0.651. The maximum atomic E-state index is 5.95. The van der Waals surface area contributed by atoms with Crippen molar-refractivity contribution in [3.05, 3.63) is 0 Å². The number of hydrogen-bond donors (Lipinski definition) is 1. The zero-order chi connectivity index (χ0) is 8.27. The van der Waals surface area contributed by atoms with Gasteiger partial charge in [0.05, 0.1) is 0 Å². The van der Waals surface area contributed by atoms with Crippen LogP contribution in [0.3, 0.4) is 0 Å². The molecule has 3 atom stereocenters. The van der Waals surface area contributed by atoms with Gasteiger partial charge < -0.3 is 5.73 Å². The van der Waals surface area contributed by atoms with Crippen LogP contribution in [0.25, 0.3) is 0 Å². The molecule has 2 N–H and O–H groups in total. The predicted octanol–water partition coefficient (Wildman–Crippen LogP) is 2.55. The highest BCUT2D eigenvalue weighted by atomic mass is 14.6. The Labute approximate surface area is 70.4 Å². The molecule has 1 fully saturated rings.